The van der Waals surface area contributed by atoms with Crippen molar-refractivity contribution >= 4 is 0 Å². The molecule has 0 unspecified atom stereocenters. The van der Waals surface area contributed by atoms with Gasteiger partial charge in [0, 0.05) is 12.6 Å². The lowest BCUT2D eigenvalue weighted by Gasteiger charge is -2.03. The predicted molar refractivity (Wildman–Crippen MR) is 56.2 cm³/mol. The first-order chi connectivity index (χ1) is 7.22. The van der Waals surface area contributed by atoms with Crippen molar-refractivity contribution in [2.45, 2.75) is 6.61 Å². The summed E-state index contributed by atoms with van der Waals surface area (Å²) in [6.07, 6.45) is 1.68. The lowest BCUT2D eigenvalue weighted by molar-refractivity contribution is 0.271. The molecule has 1 aromatic heterocycles. The highest BCUT2D eigenvalue weighted by Gasteiger charge is 2.09. The summed E-state index contributed by atoms with van der Waals surface area (Å²) < 4.78 is 1.62. The van der Waals surface area contributed by atoms with E-state index in [9.17, 15) is 10.2 Å². The van der Waals surface area contributed by atoms with E-state index in [4.69, 9.17) is 0 Å². The molecule has 78 valence electrons. The smallest absolute Gasteiger partial charge is 0.116 e. The van der Waals surface area contributed by atoms with E-state index >= 15 is 0 Å². The molecule has 0 fully saturated rings. The third kappa shape index (κ3) is 1.71. The second-order valence-electron chi connectivity index (χ2n) is 3.34. The van der Waals surface area contributed by atoms with Gasteiger partial charge in [0.25, 0.3) is 0 Å². The van der Waals surface area contributed by atoms with Crippen molar-refractivity contribution in [3.05, 3.63) is 36.2 Å². The normalized spacial score (nSPS) is 10.5. The summed E-state index contributed by atoms with van der Waals surface area (Å²) in [6, 6.07) is 6.89. The van der Waals surface area contributed by atoms with Gasteiger partial charge in [0.05, 0.1) is 18.5 Å². The molecule has 0 aliphatic carbocycles. The van der Waals surface area contributed by atoms with Crippen LogP contribution >= 0.6 is 0 Å². The summed E-state index contributed by atoms with van der Waals surface area (Å²) in [5, 5.41) is 22.6. The molecule has 0 amide bonds. The van der Waals surface area contributed by atoms with E-state index in [-0.39, 0.29) is 12.4 Å². The molecular weight excluding hydrogens is 192 g/mol. The fourth-order valence-corrected chi connectivity index (χ4v) is 1.56. The molecule has 4 heteroatoms. The Morgan fingerprint density at radius 2 is 2.20 bits per heavy atom. The van der Waals surface area contributed by atoms with Crippen LogP contribution in [0.2, 0.25) is 0 Å². The highest BCUT2D eigenvalue weighted by Crippen LogP contribution is 2.25. The van der Waals surface area contributed by atoms with E-state index in [0.717, 1.165) is 16.8 Å². The first-order valence-electron chi connectivity index (χ1n) is 4.63. The third-order valence-corrected chi connectivity index (χ3v) is 2.37. The van der Waals surface area contributed by atoms with Gasteiger partial charge in [-0.05, 0) is 17.7 Å². The van der Waals surface area contributed by atoms with Gasteiger partial charge in [0.15, 0.2) is 0 Å². The van der Waals surface area contributed by atoms with E-state index in [1.807, 2.05) is 6.07 Å². The molecule has 0 aliphatic rings. The summed E-state index contributed by atoms with van der Waals surface area (Å²) in [5.41, 5.74) is 2.43. The Morgan fingerprint density at radius 1 is 1.40 bits per heavy atom. The van der Waals surface area contributed by atoms with Crippen LogP contribution < -0.4 is 0 Å². The topological polar surface area (TPSA) is 58.3 Å². The van der Waals surface area contributed by atoms with Crippen LogP contribution in [0.4, 0.5) is 0 Å². The number of aromatic hydroxyl groups is 1. The quantitative estimate of drug-likeness (QED) is 0.774. The second-order valence-corrected chi connectivity index (χ2v) is 3.34. The van der Waals surface area contributed by atoms with Crippen LogP contribution in [0.15, 0.2) is 30.5 Å². The molecule has 0 saturated carbocycles. The maximum atomic E-state index is 9.36. The molecular formula is C11H12N2O2. The molecule has 0 aliphatic heterocycles. The van der Waals surface area contributed by atoms with E-state index in [2.05, 4.69) is 5.10 Å². The van der Waals surface area contributed by atoms with Gasteiger partial charge in [0.2, 0.25) is 0 Å². The van der Waals surface area contributed by atoms with Crippen molar-refractivity contribution in [1.82, 2.24) is 9.78 Å². The molecule has 4 nitrogen and oxygen atoms in total. The van der Waals surface area contributed by atoms with Crippen LogP contribution in [0.5, 0.6) is 5.75 Å². The number of aromatic nitrogens is 2. The summed E-state index contributed by atoms with van der Waals surface area (Å²) in [6.45, 7) is -0.0680. The zero-order valence-electron chi connectivity index (χ0n) is 8.38. The van der Waals surface area contributed by atoms with E-state index < -0.39 is 0 Å². The number of benzene rings is 1. The minimum atomic E-state index is -0.0680. The van der Waals surface area contributed by atoms with Gasteiger partial charge in [-0.15, -0.1) is 0 Å². The number of hydrogen-bond donors (Lipinski definition) is 2. The molecule has 2 N–H and O–H groups in total. The Bertz CT molecular complexity index is 477. The Morgan fingerprint density at radius 3 is 2.87 bits per heavy atom. The molecule has 0 atom stereocenters. The van der Waals surface area contributed by atoms with Gasteiger partial charge < -0.3 is 10.2 Å². The van der Waals surface area contributed by atoms with Crippen molar-refractivity contribution in [3.8, 4) is 16.9 Å². The molecule has 15 heavy (non-hydrogen) atoms. The number of hydrogen-bond acceptors (Lipinski definition) is 3. The minimum absolute atomic E-state index is 0.0680. The fourth-order valence-electron chi connectivity index (χ4n) is 1.56. The average molecular weight is 204 g/mol. The Labute approximate surface area is 87.4 Å². The van der Waals surface area contributed by atoms with Crippen molar-refractivity contribution in [2.75, 3.05) is 0 Å². The third-order valence-electron chi connectivity index (χ3n) is 2.37. The van der Waals surface area contributed by atoms with Crippen LogP contribution in [-0.2, 0) is 13.7 Å². The SMILES string of the molecule is Cn1ncc(-c2cccc(O)c2)c1CO. The zero-order chi connectivity index (χ0) is 10.8. The number of nitrogens with zero attached hydrogens (tertiary/aromatic N) is 2. The number of aryl methyl sites for hydroxylation is 1. The highest BCUT2D eigenvalue weighted by molar-refractivity contribution is 5.66. The van der Waals surface area contributed by atoms with Crippen LogP contribution in [-0.4, -0.2) is 20.0 Å². The molecule has 1 aromatic carbocycles. The first-order valence-corrected chi connectivity index (χ1v) is 4.63. The molecule has 2 aromatic rings. The molecule has 1 heterocycles. The minimum Gasteiger partial charge on any atom is -0.508 e. The number of aliphatic hydroxyl groups is 1. The van der Waals surface area contributed by atoms with Crippen LogP contribution in [0.25, 0.3) is 11.1 Å². The van der Waals surface area contributed by atoms with E-state index in [1.54, 1.807) is 36.1 Å². The van der Waals surface area contributed by atoms with Crippen molar-refractivity contribution in [1.29, 1.82) is 0 Å². The summed E-state index contributed by atoms with van der Waals surface area (Å²) in [7, 11) is 1.78. The van der Waals surface area contributed by atoms with E-state index in [1.165, 1.54) is 0 Å². The molecule has 0 radical (unpaired) electrons. The molecule has 2 rings (SSSR count). The number of rotatable bonds is 2. The lowest BCUT2D eigenvalue weighted by atomic mass is 10.1. The number of aliphatic hydroxyl groups excluding tert-OH is 1. The van der Waals surface area contributed by atoms with Gasteiger partial charge in [0.1, 0.15) is 5.75 Å². The maximum absolute atomic E-state index is 9.36. The van der Waals surface area contributed by atoms with Crippen LogP contribution in [0, 0.1) is 0 Å². The standard InChI is InChI=1S/C11H12N2O2/c1-13-11(7-14)10(6-12-13)8-3-2-4-9(15)5-8/h2-6,14-15H,7H2,1H3. The van der Waals surface area contributed by atoms with Crippen molar-refractivity contribution < 1.29 is 10.2 Å². The zero-order valence-corrected chi connectivity index (χ0v) is 8.38. The lowest BCUT2D eigenvalue weighted by Crippen LogP contribution is -1.98. The Hall–Kier alpha value is -1.81. The van der Waals surface area contributed by atoms with Gasteiger partial charge in [-0.25, -0.2) is 0 Å². The highest BCUT2D eigenvalue weighted by atomic mass is 16.3. The second kappa shape index (κ2) is 3.74. The number of phenolic OH excluding ortho intramolecular Hbond substituents is 1. The predicted octanol–water partition coefficient (Wildman–Crippen LogP) is 1.28. The molecule has 0 saturated heterocycles. The van der Waals surface area contributed by atoms with Crippen LogP contribution in [0.1, 0.15) is 5.69 Å². The summed E-state index contributed by atoms with van der Waals surface area (Å²) >= 11 is 0. The Balaban J connectivity index is 2.54. The average Bonchev–Trinajstić information content (AvgIpc) is 2.59. The van der Waals surface area contributed by atoms with Gasteiger partial charge >= 0.3 is 0 Å². The fraction of sp³-hybridized carbons (Fsp3) is 0.182. The van der Waals surface area contributed by atoms with E-state index in [0.29, 0.717) is 0 Å². The summed E-state index contributed by atoms with van der Waals surface area (Å²) in [5.74, 6) is 0.209. The van der Waals surface area contributed by atoms with Crippen LogP contribution in [0.3, 0.4) is 0 Å². The largest absolute Gasteiger partial charge is 0.508 e. The number of phenols is 1. The van der Waals surface area contributed by atoms with Gasteiger partial charge in [-0.3, -0.25) is 4.68 Å². The van der Waals surface area contributed by atoms with Crippen molar-refractivity contribution in [3.63, 3.8) is 0 Å². The molecule has 0 bridgehead atoms. The monoisotopic (exact) mass is 204 g/mol. The summed E-state index contributed by atoms with van der Waals surface area (Å²) in [4.78, 5) is 0. The molecule has 0 spiro atoms. The Kier molecular flexibility index (Phi) is 2.43. The van der Waals surface area contributed by atoms with Gasteiger partial charge in [-0.1, -0.05) is 12.1 Å². The van der Waals surface area contributed by atoms with Gasteiger partial charge in [-0.2, -0.15) is 5.10 Å². The van der Waals surface area contributed by atoms with Crippen molar-refractivity contribution in [2.24, 2.45) is 7.05 Å². The first kappa shape index (κ1) is 9.73. The maximum Gasteiger partial charge on any atom is 0.116 e.